The summed E-state index contributed by atoms with van der Waals surface area (Å²) in [6.45, 7) is 0. The van der Waals surface area contributed by atoms with E-state index in [2.05, 4.69) is 4.98 Å². The maximum atomic E-state index is 10.7. The Kier molecular flexibility index (Phi) is 3.42. The number of carboxylic acid groups (broad SMARTS) is 1. The number of rotatable bonds is 3. The molecule has 1 atom stereocenters. The third-order valence-corrected chi connectivity index (χ3v) is 3.31. The van der Waals surface area contributed by atoms with Crippen molar-refractivity contribution in [3.8, 4) is 0 Å². The monoisotopic (exact) mass is 269 g/mol. The molecule has 0 saturated heterocycles. The van der Waals surface area contributed by atoms with E-state index in [9.17, 15) is 9.90 Å². The van der Waals surface area contributed by atoms with Crippen molar-refractivity contribution >= 4 is 28.9 Å². The van der Waals surface area contributed by atoms with Gasteiger partial charge < -0.3 is 10.2 Å². The Morgan fingerprint density at radius 1 is 1.35 bits per heavy atom. The van der Waals surface area contributed by atoms with Crippen molar-refractivity contribution in [2.24, 2.45) is 0 Å². The maximum Gasteiger partial charge on any atom is 0.355 e. The summed E-state index contributed by atoms with van der Waals surface area (Å²) in [5.74, 6) is -1.10. The summed E-state index contributed by atoms with van der Waals surface area (Å²) in [6.07, 6.45) is -0.926. The lowest BCUT2D eigenvalue weighted by Gasteiger charge is -2.07. The van der Waals surface area contributed by atoms with Gasteiger partial charge in [0.15, 0.2) is 5.69 Å². The molecule has 2 N–H and O–H groups in total. The molecular formula is C11H8ClNO3S. The van der Waals surface area contributed by atoms with Gasteiger partial charge in [-0.15, -0.1) is 11.3 Å². The van der Waals surface area contributed by atoms with Crippen molar-refractivity contribution in [3.63, 3.8) is 0 Å². The van der Waals surface area contributed by atoms with Crippen LogP contribution in [0.15, 0.2) is 29.6 Å². The Balaban J connectivity index is 2.27. The zero-order valence-electron chi connectivity index (χ0n) is 8.50. The number of hydrogen-bond acceptors (Lipinski definition) is 4. The highest BCUT2D eigenvalue weighted by Crippen LogP contribution is 2.25. The van der Waals surface area contributed by atoms with Crippen LogP contribution in [0.3, 0.4) is 0 Å². The highest BCUT2D eigenvalue weighted by atomic mass is 35.5. The molecule has 0 aliphatic heterocycles. The van der Waals surface area contributed by atoms with Gasteiger partial charge >= 0.3 is 5.97 Å². The van der Waals surface area contributed by atoms with Crippen LogP contribution in [-0.4, -0.2) is 21.2 Å². The topological polar surface area (TPSA) is 70.4 Å². The lowest BCUT2D eigenvalue weighted by Crippen LogP contribution is -2.01. The van der Waals surface area contributed by atoms with E-state index in [1.165, 1.54) is 5.38 Å². The summed E-state index contributed by atoms with van der Waals surface area (Å²) in [4.78, 5) is 14.5. The predicted molar refractivity (Wildman–Crippen MR) is 64.6 cm³/mol. The minimum Gasteiger partial charge on any atom is -0.476 e. The first kappa shape index (κ1) is 12.0. The number of benzene rings is 1. The average molecular weight is 270 g/mol. The van der Waals surface area contributed by atoms with Crippen molar-refractivity contribution in [1.29, 1.82) is 0 Å². The smallest absolute Gasteiger partial charge is 0.355 e. The SMILES string of the molecule is O=C(O)c1csc(C(O)c2ccc(Cl)cc2)n1. The van der Waals surface area contributed by atoms with Crippen molar-refractivity contribution < 1.29 is 15.0 Å². The lowest BCUT2D eigenvalue weighted by molar-refractivity contribution is 0.0691. The van der Waals surface area contributed by atoms with Crippen LogP contribution in [0, 0.1) is 0 Å². The predicted octanol–water partition coefficient (Wildman–Crippen LogP) is 2.58. The number of aromatic nitrogens is 1. The molecule has 1 aromatic heterocycles. The Bertz CT molecular complexity index is 538. The van der Waals surface area contributed by atoms with Gasteiger partial charge in [0.1, 0.15) is 11.1 Å². The molecule has 2 rings (SSSR count). The van der Waals surface area contributed by atoms with E-state index in [0.29, 0.717) is 15.6 Å². The van der Waals surface area contributed by atoms with E-state index >= 15 is 0 Å². The number of nitrogens with zero attached hydrogens (tertiary/aromatic N) is 1. The molecule has 17 heavy (non-hydrogen) atoms. The van der Waals surface area contributed by atoms with Crippen LogP contribution in [0.4, 0.5) is 0 Å². The number of carbonyl (C=O) groups is 1. The molecule has 1 aromatic carbocycles. The second kappa shape index (κ2) is 4.83. The molecule has 0 saturated carbocycles. The first-order valence-corrected chi connectivity index (χ1v) is 5.96. The average Bonchev–Trinajstić information content (AvgIpc) is 2.78. The molecule has 0 radical (unpaired) electrons. The Hall–Kier alpha value is -1.43. The molecule has 0 fully saturated rings. The van der Waals surface area contributed by atoms with Crippen LogP contribution in [0.1, 0.15) is 27.2 Å². The summed E-state index contributed by atoms with van der Waals surface area (Å²) in [6, 6.07) is 6.67. The number of aromatic carboxylic acids is 1. The van der Waals surface area contributed by atoms with E-state index in [4.69, 9.17) is 16.7 Å². The van der Waals surface area contributed by atoms with Crippen molar-refractivity contribution in [1.82, 2.24) is 4.98 Å². The van der Waals surface area contributed by atoms with E-state index in [1.54, 1.807) is 24.3 Å². The Morgan fingerprint density at radius 2 is 2.00 bits per heavy atom. The van der Waals surface area contributed by atoms with Gasteiger partial charge in [-0.05, 0) is 17.7 Å². The molecular weight excluding hydrogens is 262 g/mol. The van der Waals surface area contributed by atoms with E-state index in [0.717, 1.165) is 11.3 Å². The van der Waals surface area contributed by atoms with E-state index in [-0.39, 0.29) is 5.69 Å². The van der Waals surface area contributed by atoms with Gasteiger partial charge in [-0.25, -0.2) is 9.78 Å². The largest absolute Gasteiger partial charge is 0.476 e. The third-order valence-electron chi connectivity index (χ3n) is 2.16. The summed E-state index contributed by atoms with van der Waals surface area (Å²) in [5, 5.41) is 21.0. The van der Waals surface area contributed by atoms with Gasteiger partial charge in [-0.1, -0.05) is 23.7 Å². The van der Waals surface area contributed by atoms with Gasteiger partial charge in [0, 0.05) is 10.4 Å². The van der Waals surface area contributed by atoms with Crippen LogP contribution in [-0.2, 0) is 0 Å². The quantitative estimate of drug-likeness (QED) is 0.898. The zero-order valence-corrected chi connectivity index (χ0v) is 10.1. The fourth-order valence-electron chi connectivity index (χ4n) is 1.30. The number of halogens is 1. The molecule has 2 aromatic rings. The summed E-state index contributed by atoms with van der Waals surface area (Å²) in [7, 11) is 0. The number of thiazole rings is 1. The van der Waals surface area contributed by atoms with Gasteiger partial charge in [0.25, 0.3) is 0 Å². The highest BCUT2D eigenvalue weighted by molar-refractivity contribution is 7.09. The first-order valence-electron chi connectivity index (χ1n) is 4.70. The molecule has 88 valence electrons. The normalized spacial score (nSPS) is 12.4. The maximum absolute atomic E-state index is 10.7. The molecule has 1 unspecified atom stereocenters. The molecule has 0 spiro atoms. The van der Waals surface area contributed by atoms with Gasteiger partial charge in [0.05, 0.1) is 0 Å². The minimum atomic E-state index is -1.10. The number of hydrogen-bond donors (Lipinski definition) is 2. The Morgan fingerprint density at radius 3 is 2.53 bits per heavy atom. The lowest BCUT2D eigenvalue weighted by atomic mass is 10.1. The minimum absolute atomic E-state index is 0.0574. The summed E-state index contributed by atoms with van der Waals surface area (Å²) in [5.41, 5.74) is 0.568. The Labute approximate surface area is 106 Å². The van der Waals surface area contributed by atoms with Crippen LogP contribution < -0.4 is 0 Å². The van der Waals surface area contributed by atoms with Crippen molar-refractivity contribution in [3.05, 3.63) is 50.9 Å². The van der Waals surface area contributed by atoms with E-state index in [1.807, 2.05) is 0 Å². The molecule has 0 bridgehead atoms. The van der Waals surface area contributed by atoms with E-state index < -0.39 is 12.1 Å². The number of aliphatic hydroxyl groups is 1. The van der Waals surface area contributed by atoms with Crippen molar-refractivity contribution in [2.75, 3.05) is 0 Å². The number of aliphatic hydroxyl groups excluding tert-OH is 1. The first-order chi connectivity index (χ1) is 8.08. The van der Waals surface area contributed by atoms with Gasteiger partial charge in [-0.3, -0.25) is 0 Å². The zero-order chi connectivity index (χ0) is 12.4. The fourth-order valence-corrected chi connectivity index (χ4v) is 2.23. The fraction of sp³-hybridized carbons (Fsp3) is 0.0909. The van der Waals surface area contributed by atoms with Crippen LogP contribution >= 0.6 is 22.9 Å². The standard InChI is InChI=1S/C11H8ClNO3S/c12-7-3-1-6(2-4-7)9(14)10-13-8(5-17-10)11(15)16/h1-5,9,14H,(H,15,16). The van der Waals surface area contributed by atoms with Crippen LogP contribution in [0.25, 0.3) is 0 Å². The molecule has 4 nitrogen and oxygen atoms in total. The molecule has 1 heterocycles. The van der Waals surface area contributed by atoms with Crippen LogP contribution in [0.5, 0.6) is 0 Å². The molecule has 6 heteroatoms. The second-order valence-corrected chi connectivity index (χ2v) is 4.66. The third kappa shape index (κ3) is 2.63. The number of carboxylic acids is 1. The highest BCUT2D eigenvalue weighted by Gasteiger charge is 2.16. The molecule has 0 amide bonds. The molecule has 0 aliphatic carbocycles. The van der Waals surface area contributed by atoms with Crippen LogP contribution in [0.2, 0.25) is 5.02 Å². The van der Waals surface area contributed by atoms with Gasteiger partial charge in [0.2, 0.25) is 0 Å². The second-order valence-electron chi connectivity index (χ2n) is 3.33. The summed E-state index contributed by atoms with van der Waals surface area (Å²) >= 11 is 6.85. The molecule has 0 aliphatic rings. The summed E-state index contributed by atoms with van der Waals surface area (Å²) < 4.78 is 0. The van der Waals surface area contributed by atoms with Crippen molar-refractivity contribution in [2.45, 2.75) is 6.10 Å². The van der Waals surface area contributed by atoms with Gasteiger partial charge in [-0.2, -0.15) is 0 Å².